The van der Waals surface area contributed by atoms with Gasteiger partial charge in [0, 0.05) is 12.6 Å². The highest BCUT2D eigenvalue weighted by Crippen LogP contribution is 2.16. The first-order valence-corrected chi connectivity index (χ1v) is 6.87. The SMILES string of the molecule is CC(NCC(O)c1ccccc1)c1cccc(CO)c1. The minimum absolute atomic E-state index is 0.0488. The molecule has 3 N–H and O–H groups in total. The van der Waals surface area contributed by atoms with E-state index >= 15 is 0 Å². The van der Waals surface area contributed by atoms with Crippen LogP contribution in [0.4, 0.5) is 0 Å². The van der Waals surface area contributed by atoms with Crippen LogP contribution in [0.3, 0.4) is 0 Å². The summed E-state index contributed by atoms with van der Waals surface area (Å²) in [5.41, 5.74) is 2.92. The predicted molar refractivity (Wildman–Crippen MR) is 80.2 cm³/mol. The molecule has 0 radical (unpaired) electrons. The lowest BCUT2D eigenvalue weighted by atomic mass is 10.0. The topological polar surface area (TPSA) is 52.5 Å². The van der Waals surface area contributed by atoms with Gasteiger partial charge in [-0.2, -0.15) is 0 Å². The number of nitrogens with one attached hydrogen (secondary N) is 1. The average Bonchev–Trinajstić information content (AvgIpc) is 2.53. The molecule has 0 aliphatic carbocycles. The van der Waals surface area contributed by atoms with E-state index < -0.39 is 6.10 Å². The number of hydrogen-bond donors (Lipinski definition) is 3. The summed E-state index contributed by atoms with van der Waals surface area (Å²) in [6.07, 6.45) is -0.514. The van der Waals surface area contributed by atoms with Gasteiger partial charge < -0.3 is 15.5 Å². The molecule has 20 heavy (non-hydrogen) atoms. The van der Waals surface area contributed by atoms with E-state index in [-0.39, 0.29) is 12.6 Å². The lowest BCUT2D eigenvalue weighted by Crippen LogP contribution is -2.24. The second kappa shape index (κ2) is 7.20. The van der Waals surface area contributed by atoms with Gasteiger partial charge in [0.25, 0.3) is 0 Å². The molecule has 0 spiro atoms. The zero-order chi connectivity index (χ0) is 14.4. The van der Waals surface area contributed by atoms with Gasteiger partial charge in [0.05, 0.1) is 12.7 Å². The zero-order valence-corrected chi connectivity index (χ0v) is 11.7. The Morgan fingerprint density at radius 1 is 1.00 bits per heavy atom. The lowest BCUT2D eigenvalue weighted by Gasteiger charge is -2.18. The predicted octanol–water partition coefficient (Wildman–Crippen LogP) is 2.56. The third-order valence-corrected chi connectivity index (χ3v) is 3.44. The highest BCUT2D eigenvalue weighted by Gasteiger charge is 2.10. The third kappa shape index (κ3) is 3.90. The summed E-state index contributed by atoms with van der Waals surface area (Å²) in [7, 11) is 0. The minimum atomic E-state index is -0.514. The molecular formula is C17H21NO2. The maximum atomic E-state index is 10.1. The summed E-state index contributed by atoms with van der Waals surface area (Å²) >= 11 is 0. The second-order valence-electron chi connectivity index (χ2n) is 4.96. The van der Waals surface area contributed by atoms with Crippen molar-refractivity contribution in [3.63, 3.8) is 0 Å². The fraction of sp³-hybridized carbons (Fsp3) is 0.294. The van der Waals surface area contributed by atoms with Crippen LogP contribution in [0.1, 0.15) is 35.8 Å². The molecule has 3 nitrogen and oxygen atoms in total. The fourth-order valence-electron chi connectivity index (χ4n) is 2.16. The van der Waals surface area contributed by atoms with E-state index in [1.54, 1.807) is 0 Å². The highest BCUT2D eigenvalue weighted by molar-refractivity contribution is 5.25. The number of benzene rings is 2. The molecule has 2 aromatic rings. The fourth-order valence-corrected chi connectivity index (χ4v) is 2.16. The van der Waals surface area contributed by atoms with Crippen LogP contribution in [-0.2, 0) is 6.61 Å². The molecule has 2 rings (SSSR count). The highest BCUT2D eigenvalue weighted by atomic mass is 16.3. The van der Waals surface area contributed by atoms with Crippen molar-refractivity contribution in [3.8, 4) is 0 Å². The van der Waals surface area contributed by atoms with Crippen molar-refractivity contribution >= 4 is 0 Å². The van der Waals surface area contributed by atoms with Crippen molar-refractivity contribution < 1.29 is 10.2 Å². The Kier molecular flexibility index (Phi) is 5.30. The number of rotatable bonds is 6. The molecule has 0 heterocycles. The second-order valence-corrected chi connectivity index (χ2v) is 4.96. The average molecular weight is 271 g/mol. The summed E-state index contributed by atoms with van der Waals surface area (Å²) in [5, 5.41) is 22.6. The van der Waals surface area contributed by atoms with Crippen molar-refractivity contribution in [2.75, 3.05) is 6.54 Å². The summed E-state index contributed by atoms with van der Waals surface area (Å²) in [4.78, 5) is 0. The van der Waals surface area contributed by atoms with Crippen LogP contribution in [0.25, 0.3) is 0 Å². The van der Waals surface area contributed by atoms with Crippen LogP contribution >= 0.6 is 0 Å². The van der Waals surface area contributed by atoms with Gasteiger partial charge in [-0.15, -0.1) is 0 Å². The monoisotopic (exact) mass is 271 g/mol. The molecule has 0 bridgehead atoms. The third-order valence-electron chi connectivity index (χ3n) is 3.44. The summed E-state index contributed by atoms with van der Waals surface area (Å²) in [6.45, 7) is 2.59. The quantitative estimate of drug-likeness (QED) is 0.757. The molecule has 0 saturated carbocycles. The van der Waals surface area contributed by atoms with Crippen LogP contribution in [0.15, 0.2) is 54.6 Å². The molecule has 3 heteroatoms. The summed E-state index contributed by atoms with van der Waals surface area (Å²) in [5.74, 6) is 0. The standard InChI is InChI=1S/C17H21NO2/c1-13(16-9-5-6-14(10-16)12-19)18-11-17(20)15-7-3-2-4-8-15/h2-10,13,17-20H,11-12H2,1H3. The Morgan fingerprint density at radius 2 is 1.70 bits per heavy atom. The molecule has 0 aliphatic heterocycles. The molecule has 2 atom stereocenters. The van der Waals surface area contributed by atoms with Crippen molar-refractivity contribution in [2.45, 2.75) is 25.7 Å². The van der Waals surface area contributed by atoms with Crippen LogP contribution in [0, 0.1) is 0 Å². The van der Waals surface area contributed by atoms with Crippen LogP contribution in [-0.4, -0.2) is 16.8 Å². The van der Waals surface area contributed by atoms with Crippen LogP contribution in [0.2, 0.25) is 0 Å². The van der Waals surface area contributed by atoms with E-state index in [1.807, 2.05) is 61.5 Å². The molecule has 0 saturated heterocycles. The maximum absolute atomic E-state index is 10.1. The molecule has 0 amide bonds. The first-order chi connectivity index (χ1) is 9.70. The molecule has 2 unspecified atom stereocenters. The molecule has 0 aromatic heterocycles. The van der Waals surface area contributed by atoms with E-state index in [9.17, 15) is 5.11 Å². The lowest BCUT2D eigenvalue weighted by molar-refractivity contribution is 0.171. The van der Waals surface area contributed by atoms with Crippen molar-refractivity contribution in [3.05, 3.63) is 71.3 Å². The van der Waals surface area contributed by atoms with Crippen LogP contribution < -0.4 is 5.32 Å². The van der Waals surface area contributed by atoms with E-state index in [1.165, 1.54) is 0 Å². The van der Waals surface area contributed by atoms with Crippen LogP contribution in [0.5, 0.6) is 0 Å². The number of aliphatic hydroxyl groups is 2. The van der Waals surface area contributed by atoms with Gasteiger partial charge in [0.1, 0.15) is 0 Å². The number of hydrogen-bond acceptors (Lipinski definition) is 3. The smallest absolute Gasteiger partial charge is 0.0914 e. The Bertz CT molecular complexity index is 528. The first kappa shape index (κ1) is 14.7. The minimum Gasteiger partial charge on any atom is -0.392 e. The normalized spacial score (nSPS) is 13.9. The maximum Gasteiger partial charge on any atom is 0.0914 e. The van der Waals surface area contributed by atoms with Crippen molar-refractivity contribution in [1.82, 2.24) is 5.32 Å². The Labute approximate surface area is 119 Å². The van der Waals surface area contributed by atoms with Gasteiger partial charge in [-0.1, -0.05) is 54.6 Å². The number of aliphatic hydroxyl groups excluding tert-OH is 2. The zero-order valence-electron chi connectivity index (χ0n) is 11.7. The molecule has 2 aromatic carbocycles. The first-order valence-electron chi connectivity index (χ1n) is 6.87. The molecule has 0 aliphatic rings. The van der Waals surface area contributed by atoms with E-state index in [0.29, 0.717) is 6.54 Å². The van der Waals surface area contributed by atoms with Gasteiger partial charge >= 0.3 is 0 Å². The van der Waals surface area contributed by atoms with Crippen molar-refractivity contribution in [1.29, 1.82) is 0 Å². The largest absolute Gasteiger partial charge is 0.392 e. The van der Waals surface area contributed by atoms with Gasteiger partial charge in [-0.3, -0.25) is 0 Å². The molecular weight excluding hydrogens is 250 g/mol. The van der Waals surface area contributed by atoms with E-state index in [0.717, 1.165) is 16.7 Å². The van der Waals surface area contributed by atoms with Gasteiger partial charge in [-0.25, -0.2) is 0 Å². The molecule has 106 valence electrons. The van der Waals surface area contributed by atoms with Gasteiger partial charge in [0.15, 0.2) is 0 Å². The van der Waals surface area contributed by atoms with Crippen molar-refractivity contribution in [2.24, 2.45) is 0 Å². The Hall–Kier alpha value is -1.68. The van der Waals surface area contributed by atoms with E-state index in [4.69, 9.17) is 5.11 Å². The molecule has 0 fully saturated rings. The van der Waals surface area contributed by atoms with E-state index in [2.05, 4.69) is 5.32 Å². The Morgan fingerprint density at radius 3 is 2.40 bits per heavy atom. The summed E-state index contributed by atoms with van der Waals surface area (Å²) < 4.78 is 0. The van der Waals surface area contributed by atoms with Gasteiger partial charge in [0.2, 0.25) is 0 Å². The van der Waals surface area contributed by atoms with Gasteiger partial charge in [-0.05, 0) is 23.6 Å². The summed E-state index contributed by atoms with van der Waals surface area (Å²) in [6, 6.07) is 17.6. The Balaban J connectivity index is 1.93.